The van der Waals surface area contributed by atoms with Gasteiger partial charge in [0.25, 0.3) is 0 Å². The van der Waals surface area contributed by atoms with Crippen LogP contribution in [0.4, 0.5) is 0 Å². The number of ether oxygens (including phenoxy) is 1. The summed E-state index contributed by atoms with van der Waals surface area (Å²) >= 11 is 0. The average molecular weight is 249 g/mol. The Kier molecular flexibility index (Phi) is 5.35. The van der Waals surface area contributed by atoms with E-state index in [1.54, 1.807) is 0 Å². The van der Waals surface area contributed by atoms with Gasteiger partial charge in [-0.05, 0) is 29.9 Å². The normalized spacial score (nSPS) is 12.8. The summed E-state index contributed by atoms with van der Waals surface area (Å²) in [6.45, 7) is 8.21. The highest BCUT2D eigenvalue weighted by atomic mass is 16.5. The SMILES string of the molecule is CC(C)CC(N)C(=O)Oc1ccccc1C(C)C. The minimum absolute atomic E-state index is 0.315. The van der Waals surface area contributed by atoms with Crippen LogP contribution >= 0.6 is 0 Å². The molecule has 1 unspecified atom stereocenters. The summed E-state index contributed by atoms with van der Waals surface area (Å²) in [5, 5.41) is 0. The van der Waals surface area contributed by atoms with E-state index in [4.69, 9.17) is 10.5 Å². The number of para-hydroxylation sites is 1. The first-order valence-electron chi connectivity index (χ1n) is 6.48. The number of esters is 1. The van der Waals surface area contributed by atoms with Gasteiger partial charge in [-0.2, -0.15) is 0 Å². The molecule has 0 spiro atoms. The third kappa shape index (κ3) is 4.15. The maximum absolute atomic E-state index is 11.9. The van der Waals surface area contributed by atoms with E-state index in [0.29, 0.717) is 24.0 Å². The van der Waals surface area contributed by atoms with Gasteiger partial charge in [-0.3, -0.25) is 0 Å². The molecule has 1 aromatic rings. The van der Waals surface area contributed by atoms with E-state index in [1.165, 1.54) is 0 Å². The van der Waals surface area contributed by atoms with Crippen LogP contribution in [0.15, 0.2) is 24.3 Å². The molecule has 3 heteroatoms. The summed E-state index contributed by atoms with van der Waals surface area (Å²) in [7, 11) is 0. The van der Waals surface area contributed by atoms with Crippen LogP contribution in [-0.2, 0) is 4.79 Å². The van der Waals surface area contributed by atoms with Crippen molar-refractivity contribution in [2.45, 2.75) is 46.1 Å². The van der Waals surface area contributed by atoms with E-state index < -0.39 is 6.04 Å². The quantitative estimate of drug-likeness (QED) is 0.644. The van der Waals surface area contributed by atoms with E-state index in [2.05, 4.69) is 13.8 Å². The number of benzene rings is 1. The molecule has 0 bridgehead atoms. The van der Waals surface area contributed by atoms with Crippen molar-refractivity contribution in [3.05, 3.63) is 29.8 Å². The number of nitrogens with two attached hydrogens (primary N) is 1. The zero-order valence-electron chi connectivity index (χ0n) is 11.6. The Morgan fingerprint density at radius 3 is 2.39 bits per heavy atom. The Balaban J connectivity index is 2.75. The summed E-state index contributed by atoms with van der Waals surface area (Å²) in [4.78, 5) is 11.9. The van der Waals surface area contributed by atoms with Crippen LogP contribution in [0.2, 0.25) is 0 Å². The predicted molar refractivity (Wildman–Crippen MR) is 73.6 cm³/mol. The molecule has 1 aromatic carbocycles. The summed E-state index contributed by atoms with van der Waals surface area (Å²) in [5.74, 6) is 0.969. The van der Waals surface area contributed by atoms with E-state index in [9.17, 15) is 4.79 Å². The molecule has 18 heavy (non-hydrogen) atoms. The van der Waals surface area contributed by atoms with Gasteiger partial charge in [0.15, 0.2) is 0 Å². The van der Waals surface area contributed by atoms with E-state index in [-0.39, 0.29) is 5.97 Å². The number of rotatable bonds is 5. The van der Waals surface area contributed by atoms with E-state index in [1.807, 2.05) is 38.1 Å². The van der Waals surface area contributed by atoms with Gasteiger partial charge in [0.05, 0.1) is 0 Å². The molecular weight excluding hydrogens is 226 g/mol. The minimum atomic E-state index is -0.551. The van der Waals surface area contributed by atoms with Gasteiger partial charge >= 0.3 is 5.97 Å². The molecule has 1 rings (SSSR count). The number of carbonyl (C=O) groups excluding carboxylic acids is 1. The van der Waals surface area contributed by atoms with Gasteiger partial charge < -0.3 is 10.5 Å². The van der Waals surface area contributed by atoms with Gasteiger partial charge in [0, 0.05) is 0 Å². The molecule has 0 heterocycles. The van der Waals surface area contributed by atoms with Crippen molar-refractivity contribution in [1.82, 2.24) is 0 Å². The lowest BCUT2D eigenvalue weighted by Gasteiger charge is -2.16. The summed E-state index contributed by atoms with van der Waals surface area (Å²) in [6.07, 6.45) is 0.642. The highest BCUT2D eigenvalue weighted by Crippen LogP contribution is 2.26. The first kappa shape index (κ1) is 14.7. The number of hydrogen-bond donors (Lipinski definition) is 1. The predicted octanol–water partition coefficient (Wildman–Crippen LogP) is 3.09. The zero-order valence-corrected chi connectivity index (χ0v) is 11.6. The fraction of sp³-hybridized carbons (Fsp3) is 0.533. The summed E-state index contributed by atoms with van der Waals surface area (Å²) in [6, 6.07) is 7.05. The third-order valence-corrected chi connectivity index (χ3v) is 2.78. The first-order valence-corrected chi connectivity index (χ1v) is 6.48. The topological polar surface area (TPSA) is 52.3 Å². The smallest absolute Gasteiger partial charge is 0.328 e. The molecule has 0 amide bonds. The maximum Gasteiger partial charge on any atom is 0.328 e. The largest absolute Gasteiger partial charge is 0.425 e. The number of hydrogen-bond acceptors (Lipinski definition) is 3. The molecule has 0 radical (unpaired) electrons. The van der Waals surface area contributed by atoms with Gasteiger partial charge in [0.2, 0.25) is 0 Å². The highest BCUT2D eigenvalue weighted by Gasteiger charge is 2.19. The fourth-order valence-corrected chi connectivity index (χ4v) is 1.84. The summed E-state index contributed by atoms with van der Waals surface area (Å²) < 4.78 is 5.41. The van der Waals surface area contributed by atoms with Crippen LogP contribution in [0.1, 0.15) is 45.6 Å². The molecule has 0 aliphatic carbocycles. The van der Waals surface area contributed by atoms with Gasteiger partial charge in [-0.1, -0.05) is 45.9 Å². The maximum atomic E-state index is 11.9. The van der Waals surface area contributed by atoms with Crippen molar-refractivity contribution >= 4 is 5.97 Å². The van der Waals surface area contributed by atoms with Gasteiger partial charge in [-0.25, -0.2) is 4.79 Å². The Bertz CT molecular complexity index is 399. The van der Waals surface area contributed by atoms with Crippen molar-refractivity contribution in [3.8, 4) is 5.75 Å². The van der Waals surface area contributed by atoms with Crippen LogP contribution in [0.3, 0.4) is 0 Å². The average Bonchev–Trinajstić information content (AvgIpc) is 2.28. The molecule has 0 saturated carbocycles. The zero-order chi connectivity index (χ0) is 13.7. The second kappa shape index (κ2) is 6.55. The van der Waals surface area contributed by atoms with E-state index >= 15 is 0 Å². The van der Waals surface area contributed by atoms with Crippen molar-refractivity contribution < 1.29 is 9.53 Å². The number of carbonyl (C=O) groups is 1. The third-order valence-electron chi connectivity index (χ3n) is 2.78. The first-order chi connectivity index (χ1) is 8.41. The lowest BCUT2D eigenvalue weighted by Crippen LogP contribution is -2.35. The molecular formula is C15H23NO2. The van der Waals surface area contributed by atoms with Crippen LogP contribution in [0.25, 0.3) is 0 Å². The monoisotopic (exact) mass is 249 g/mol. The Hall–Kier alpha value is -1.35. The van der Waals surface area contributed by atoms with Crippen LogP contribution in [-0.4, -0.2) is 12.0 Å². The lowest BCUT2D eigenvalue weighted by atomic mass is 10.0. The molecule has 0 aliphatic heterocycles. The second-order valence-electron chi connectivity index (χ2n) is 5.35. The lowest BCUT2D eigenvalue weighted by molar-refractivity contribution is -0.136. The molecule has 0 saturated heterocycles. The van der Waals surface area contributed by atoms with Crippen LogP contribution in [0.5, 0.6) is 5.75 Å². The summed E-state index contributed by atoms with van der Waals surface area (Å²) in [5.41, 5.74) is 6.85. The molecule has 2 N–H and O–H groups in total. The molecule has 1 atom stereocenters. The molecule has 0 aromatic heterocycles. The molecule has 0 fully saturated rings. The van der Waals surface area contributed by atoms with Crippen molar-refractivity contribution in [3.63, 3.8) is 0 Å². The van der Waals surface area contributed by atoms with Gasteiger partial charge in [-0.15, -0.1) is 0 Å². The second-order valence-corrected chi connectivity index (χ2v) is 5.35. The Morgan fingerprint density at radius 2 is 1.83 bits per heavy atom. The molecule has 0 aliphatic rings. The standard InChI is InChI=1S/C15H23NO2/c1-10(2)9-13(16)15(17)18-14-8-6-5-7-12(14)11(3)4/h5-8,10-11,13H,9,16H2,1-4H3. The van der Waals surface area contributed by atoms with E-state index in [0.717, 1.165) is 5.56 Å². The minimum Gasteiger partial charge on any atom is -0.425 e. The van der Waals surface area contributed by atoms with Crippen LogP contribution in [0, 0.1) is 5.92 Å². The van der Waals surface area contributed by atoms with Crippen molar-refractivity contribution in [2.24, 2.45) is 11.7 Å². The highest BCUT2D eigenvalue weighted by molar-refractivity contribution is 5.78. The Labute approximate surface area is 109 Å². The molecule has 100 valence electrons. The Morgan fingerprint density at radius 1 is 1.22 bits per heavy atom. The fourth-order valence-electron chi connectivity index (χ4n) is 1.84. The van der Waals surface area contributed by atoms with Crippen molar-refractivity contribution in [1.29, 1.82) is 0 Å². The van der Waals surface area contributed by atoms with Crippen molar-refractivity contribution in [2.75, 3.05) is 0 Å². The molecule has 3 nitrogen and oxygen atoms in total. The van der Waals surface area contributed by atoms with Gasteiger partial charge in [0.1, 0.15) is 11.8 Å². The van der Waals surface area contributed by atoms with Crippen LogP contribution < -0.4 is 10.5 Å².